The number of thiophene rings is 1. The summed E-state index contributed by atoms with van der Waals surface area (Å²) in [5, 5.41) is 1.98. The first-order valence-electron chi connectivity index (χ1n) is 11.0. The van der Waals surface area contributed by atoms with Crippen LogP contribution in [0.3, 0.4) is 0 Å². The molecule has 0 saturated carbocycles. The fraction of sp³-hybridized carbons (Fsp3) is 0.308. The Balaban J connectivity index is 1.72. The molecule has 3 aromatic rings. The molecule has 1 heterocycles. The van der Waals surface area contributed by atoms with E-state index in [1.807, 2.05) is 61.7 Å². The number of amides is 2. The number of carbonyl (C=O) groups excluding carboxylic acids is 2. The van der Waals surface area contributed by atoms with Crippen molar-refractivity contribution >= 4 is 34.9 Å². The number of rotatable bonds is 11. The summed E-state index contributed by atoms with van der Waals surface area (Å²) < 4.78 is 13.3. The highest BCUT2D eigenvalue weighted by Gasteiger charge is 2.25. The first-order valence-corrected chi connectivity index (χ1v) is 12.8. The molecule has 0 aliphatic heterocycles. The fourth-order valence-corrected chi connectivity index (χ4v) is 4.86. The van der Waals surface area contributed by atoms with Crippen molar-refractivity contribution in [3.05, 3.63) is 88.4 Å². The molecule has 1 atom stereocenters. The molecule has 7 heteroatoms. The minimum Gasteiger partial charge on any atom is -0.332 e. The van der Waals surface area contributed by atoms with Crippen LogP contribution < -0.4 is 0 Å². The monoisotopic (exact) mass is 484 g/mol. The van der Waals surface area contributed by atoms with Crippen LogP contribution in [0.1, 0.15) is 30.7 Å². The maximum Gasteiger partial charge on any atom is 0.242 e. The van der Waals surface area contributed by atoms with Crippen molar-refractivity contribution in [1.29, 1.82) is 0 Å². The Kier molecular flexibility index (Phi) is 9.51. The van der Waals surface area contributed by atoms with Gasteiger partial charge in [-0.1, -0.05) is 43.3 Å². The Morgan fingerprint density at radius 3 is 2.33 bits per heavy atom. The van der Waals surface area contributed by atoms with Crippen LogP contribution >= 0.6 is 23.1 Å². The van der Waals surface area contributed by atoms with Crippen LogP contribution in [0.5, 0.6) is 0 Å². The van der Waals surface area contributed by atoms with Crippen LogP contribution in [0.4, 0.5) is 4.39 Å². The number of hydrogen-bond donors (Lipinski definition) is 0. The highest BCUT2D eigenvalue weighted by molar-refractivity contribution is 8.00. The van der Waals surface area contributed by atoms with Crippen molar-refractivity contribution in [2.24, 2.45) is 0 Å². The molecule has 3 rings (SSSR count). The second-order valence-electron chi connectivity index (χ2n) is 7.84. The van der Waals surface area contributed by atoms with Gasteiger partial charge in [0.05, 0.1) is 12.3 Å². The smallest absolute Gasteiger partial charge is 0.242 e. The molecule has 0 saturated heterocycles. The molecule has 0 aliphatic rings. The third-order valence-corrected chi connectivity index (χ3v) is 7.28. The zero-order valence-corrected chi connectivity index (χ0v) is 20.6. The Hall–Kier alpha value is -2.64. The molecule has 0 aliphatic carbocycles. The van der Waals surface area contributed by atoms with Crippen LogP contribution in [-0.4, -0.2) is 40.0 Å². The summed E-state index contributed by atoms with van der Waals surface area (Å²) in [6.45, 7) is 4.83. The molecule has 0 N–H and O–H groups in total. The molecule has 33 heavy (non-hydrogen) atoms. The molecular weight excluding hydrogens is 455 g/mol. The Bertz CT molecular complexity index is 1010. The molecule has 0 radical (unpaired) electrons. The van der Waals surface area contributed by atoms with E-state index in [1.54, 1.807) is 33.3 Å². The normalized spacial score (nSPS) is 11.7. The lowest BCUT2D eigenvalue weighted by molar-refractivity contribution is -0.141. The molecular formula is C26H29FN2O2S2. The number of halogens is 1. The molecule has 2 aromatic carbocycles. The van der Waals surface area contributed by atoms with Gasteiger partial charge in [0.25, 0.3) is 0 Å². The summed E-state index contributed by atoms with van der Waals surface area (Å²) in [5.74, 6) is -0.195. The van der Waals surface area contributed by atoms with Gasteiger partial charge in [0.2, 0.25) is 11.8 Å². The van der Waals surface area contributed by atoms with Crippen molar-refractivity contribution in [1.82, 2.24) is 9.80 Å². The van der Waals surface area contributed by atoms with Crippen LogP contribution in [0.15, 0.2) is 77.0 Å². The van der Waals surface area contributed by atoms with E-state index in [2.05, 4.69) is 0 Å². The largest absolute Gasteiger partial charge is 0.332 e. The third-order valence-electron chi connectivity index (χ3n) is 5.42. The summed E-state index contributed by atoms with van der Waals surface area (Å²) >= 11 is 3.06. The van der Waals surface area contributed by atoms with E-state index in [0.29, 0.717) is 13.1 Å². The molecule has 2 amide bonds. The lowest BCUT2D eigenvalue weighted by Gasteiger charge is -2.31. The molecule has 174 valence electrons. The van der Waals surface area contributed by atoms with Gasteiger partial charge >= 0.3 is 0 Å². The van der Waals surface area contributed by atoms with Gasteiger partial charge in [0.15, 0.2) is 0 Å². The van der Waals surface area contributed by atoms with Gasteiger partial charge in [-0.2, -0.15) is 0 Å². The van der Waals surface area contributed by atoms with E-state index >= 15 is 0 Å². The second-order valence-corrected chi connectivity index (χ2v) is 9.92. The average Bonchev–Trinajstić information content (AvgIpc) is 3.35. The van der Waals surface area contributed by atoms with E-state index in [1.165, 1.54) is 23.9 Å². The van der Waals surface area contributed by atoms with Crippen LogP contribution in [0.2, 0.25) is 0 Å². The highest BCUT2D eigenvalue weighted by Crippen LogP contribution is 2.20. The molecule has 0 unspecified atom stereocenters. The minimum atomic E-state index is -0.306. The number of thioether (sulfide) groups is 1. The Labute approximate surface area is 203 Å². The standard InChI is InChI=1S/C26H29FN2O2S2/c1-3-20(2)29(26(31)19-33-23-8-5-4-6-9-23)18-25(30)28(17-24-10-7-15-32-24)16-21-11-13-22(27)14-12-21/h4-15,20H,3,16-19H2,1-2H3/t20-/m1/s1. The first-order chi connectivity index (χ1) is 16.0. The molecule has 0 spiro atoms. The van der Waals surface area contributed by atoms with E-state index < -0.39 is 0 Å². The van der Waals surface area contributed by atoms with Gasteiger partial charge in [-0.05, 0) is 54.6 Å². The van der Waals surface area contributed by atoms with Crippen molar-refractivity contribution in [3.63, 3.8) is 0 Å². The molecule has 0 fully saturated rings. The van der Waals surface area contributed by atoms with Gasteiger partial charge in [0.1, 0.15) is 12.4 Å². The van der Waals surface area contributed by atoms with Crippen molar-refractivity contribution < 1.29 is 14.0 Å². The van der Waals surface area contributed by atoms with E-state index in [4.69, 9.17) is 0 Å². The maximum absolute atomic E-state index is 13.4. The van der Waals surface area contributed by atoms with Crippen molar-refractivity contribution in [3.8, 4) is 0 Å². The van der Waals surface area contributed by atoms with E-state index in [0.717, 1.165) is 21.8 Å². The van der Waals surface area contributed by atoms with Gasteiger partial charge < -0.3 is 9.80 Å². The highest BCUT2D eigenvalue weighted by atomic mass is 32.2. The lowest BCUT2D eigenvalue weighted by Crippen LogP contribution is -2.46. The minimum absolute atomic E-state index is 0.0236. The number of hydrogen-bond acceptors (Lipinski definition) is 4. The van der Waals surface area contributed by atoms with Crippen LogP contribution in [0, 0.1) is 5.82 Å². The zero-order valence-electron chi connectivity index (χ0n) is 18.9. The van der Waals surface area contributed by atoms with E-state index in [9.17, 15) is 14.0 Å². The summed E-state index contributed by atoms with van der Waals surface area (Å²) in [4.78, 5) is 32.0. The lowest BCUT2D eigenvalue weighted by atomic mass is 10.2. The van der Waals surface area contributed by atoms with Crippen molar-refractivity contribution in [2.75, 3.05) is 12.3 Å². The predicted octanol–water partition coefficient (Wildman–Crippen LogP) is 5.84. The SMILES string of the molecule is CC[C@@H](C)N(CC(=O)N(Cc1ccc(F)cc1)Cc1cccs1)C(=O)CSc1ccccc1. The van der Waals surface area contributed by atoms with Gasteiger partial charge in [-0.3, -0.25) is 9.59 Å². The first kappa shape index (κ1) is 25.0. The van der Waals surface area contributed by atoms with Crippen LogP contribution in [0.25, 0.3) is 0 Å². The van der Waals surface area contributed by atoms with Gasteiger partial charge in [-0.15, -0.1) is 23.1 Å². The van der Waals surface area contributed by atoms with Gasteiger partial charge in [0, 0.05) is 22.4 Å². The molecule has 4 nitrogen and oxygen atoms in total. The summed E-state index contributed by atoms with van der Waals surface area (Å²) in [6.07, 6.45) is 0.762. The van der Waals surface area contributed by atoms with Crippen LogP contribution in [-0.2, 0) is 22.7 Å². The average molecular weight is 485 g/mol. The number of nitrogens with zero attached hydrogens (tertiary/aromatic N) is 2. The van der Waals surface area contributed by atoms with Crippen molar-refractivity contribution in [2.45, 2.75) is 44.3 Å². The Morgan fingerprint density at radius 2 is 1.70 bits per heavy atom. The van der Waals surface area contributed by atoms with Gasteiger partial charge in [-0.25, -0.2) is 4.39 Å². The molecule has 0 bridgehead atoms. The van der Waals surface area contributed by atoms with E-state index in [-0.39, 0.29) is 36.0 Å². The maximum atomic E-state index is 13.4. The Morgan fingerprint density at radius 1 is 0.970 bits per heavy atom. The topological polar surface area (TPSA) is 40.6 Å². The predicted molar refractivity (Wildman–Crippen MR) is 134 cm³/mol. The quantitative estimate of drug-likeness (QED) is 0.321. The fourth-order valence-electron chi connectivity index (χ4n) is 3.33. The molecule has 1 aromatic heterocycles. The number of carbonyl (C=O) groups is 2. The zero-order chi connectivity index (χ0) is 23.6. The summed E-state index contributed by atoms with van der Waals surface area (Å²) in [6, 6.07) is 19.9. The third kappa shape index (κ3) is 7.72. The second kappa shape index (κ2) is 12.6. The summed E-state index contributed by atoms with van der Waals surface area (Å²) in [7, 11) is 0. The summed E-state index contributed by atoms with van der Waals surface area (Å²) in [5.41, 5.74) is 0.849. The number of benzene rings is 2.